The van der Waals surface area contributed by atoms with E-state index in [0.29, 0.717) is 12.3 Å². The highest BCUT2D eigenvalue weighted by atomic mass is 32.2. The van der Waals surface area contributed by atoms with Crippen molar-refractivity contribution in [3.63, 3.8) is 0 Å². The Morgan fingerprint density at radius 1 is 1.00 bits per heavy atom. The van der Waals surface area contributed by atoms with Crippen LogP contribution >= 0.6 is 11.8 Å². The zero-order valence-corrected chi connectivity index (χ0v) is 16.6. The van der Waals surface area contributed by atoms with E-state index in [0.717, 1.165) is 10.5 Å². The van der Waals surface area contributed by atoms with Crippen molar-refractivity contribution in [1.29, 1.82) is 0 Å². The molecular weight excluding hydrogens is 344 g/mol. The van der Waals surface area contributed by atoms with Gasteiger partial charge >= 0.3 is 0 Å². The number of benzene rings is 2. The largest absolute Gasteiger partial charge is 0.357 e. The first-order valence-corrected chi connectivity index (χ1v) is 9.65. The van der Waals surface area contributed by atoms with Gasteiger partial charge in [-0.3, -0.25) is 9.59 Å². The molecular formula is C21H26N2O2S. The van der Waals surface area contributed by atoms with Gasteiger partial charge in [0.1, 0.15) is 6.04 Å². The zero-order chi connectivity index (χ0) is 19.1. The molecule has 0 aromatic heterocycles. The summed E-state index contributed by atoms with van der Waals surface area (Å²) >= 11 is 1.49. The molecule has 0 aliphatic heterocycles. The quantitative estimate of drug-likeness (QED) is 0.758. The number of carbonyl (C=O) groups excluding carboxylic acids is 2. The molecule has 0 spiro atoms. The van der Waals surface area contributed by atoms with Gasteiger partial charge in [0.25, 0.3) is 0 Å². The van der Waals surface area contributed by atoms with Crippen LogP contribution in [0.4, 0.5) is 0 Å². The van der Waals surface area contributed by atoms with Gasteiger partial charge < -0.3 is 10.2 Å². The van der Waals surface area contributed by atoms with Crippen LogP contribution in [0.1, 0.15) is 23.6 Å². The van der Waals surface area contributed by atoms with E-state index < -0.39 is 6.04 Å². The molecule has 2 aromatic rings. The number of likely N-dealkylation sites (N-methyl/N-ethyl adjacent to an activating group) is 1. The Hall–Kier alpha value is -2.27. The highest BCUT2D eigenvalue weighted by Gasteiger charge is 2.25. The van der Waals surface area contributed by atoms with Crippen LogP contribution in [-0.4, -0.2) is 35.6 Å². The van der Waals surface area contributed by atoms with Crippen molar-refractivity contribution in [3.8, 4) is 0 Å². The van der Waals surface area contributed by atoms with Gasteiger partial charge in [0.15, 0.2) is 0 Å². The summed E-state index contributed by atoms with van der Waals surface area (Å²) in [7, 11) is 1.59. The SMILES string of the molecule is CNC(=O)[C@@H](C)N(Cc1ccc(C)cc1)C(=O)CSc1ccc(C)cc1. The fourth-order valence-corrected chi connectivity index (χ4v) is 3.33. The fourth-order valence-electron chi connectivity index (χ4n) is 2.54. The molecule has 2 amide bonds. The molecule has 0 unspecified atom stereocenters. The van der Waals surface area contributed by atoms with E-state index >= 15 is 0 Å². The number of nitrogens with zero attached hydrogens (tertiary/aromatic N) is 1. The molecule has 0 radical (unpaired) electrons. The molecule has 2 aromatic carbocycles. The van der Waals surface area contributed by atoms with Gasteiger partial charge in [-0.1, -0.05) is 47.5 Å². The van der Waals surface area contributed by atoms with Crippen molar-refractivity contribution < 1.29 is 9.59 Å². The van der Waals surface area contributed by atoms with Crippen molar-refractivity contribution in [2.24, 2.45) is 0 Å². The Morgan fingerprint density at radius 2 is 1.54 bits per heavy atom. The molecule has 0 aliphatic carbocycles. The van der Waals surface area contributed by atoms with E-state index in [1.807, 2.05) is 62.4 Å². The minimum atomic E-state index is -0.521. The topological polar surface area (TPSA) is 49.4 Å². The molecule has 2 rings (SSSR count). The number of aryl methyl sites for hydroxylation is 2. The fraction of sp³-hybridized carbons (Fsp3) is 0.333. The maximum Gasteiger partial charge on any atom is 0.242 e. The van der Waals surface area contributed by atoms with Gasteiger partial charge in [0.05, 0.1) is 5.75 Å². The smallest absolute Gasteiger partial charge is 0.242 e. The number of rotatable bonds is 7. The molecule has 0 fully saturated rings. The second-order valence-electron chi connectivity index (χ2n) is 6.40. The van der Waals surface area contributed by atoms with E-state index in [1.54, 1.807) is 18.9 Å². The molecule has 138 valence electrons. The highest BCUT2D eigenvalue weighted by Crippen LogP contribution is 2.20. The van der Waals surface area contributed by atoms with Gasteiger partial charge in [0, 0.05) is 18.5 Å². The van der Waals surface area contributed by atoms with Gasteiger partial charge in [-0.2, -0.15) is 0 Å². The molecule has 0 saturated carbocycles. The van der Waals surface area contributed by atoms with E-state index in [2.05, 4.69) is 5.32 Å². The Bertz CT molecular complexity index is 742. The number of nitrogens with one attached hydrogen (secondary N) is 1. The second-order valence-corrected chi connectivity index (χ2v) is 7.45. The lowest BCUT2D eigenvalue weighted by molar-refractivity contribution is -0.138. The highest BCUT2D eigenvalue weighted by molar-refractivity contribution is 8.00. The average Bonchev–Trinajstić information content (AvgIpc) is 2.65. The number of carbonyl (C=O) groups is 2. The van der Waals surface area contributed by atoms with Gasteiger partial charge in [0.2, 0.25) is 11.8 Å². The third-order valence-corrected chi connectivity index (χ3v) is 5.27. The predicted molar refractivity (Wildman–Crippen MR) is 107 cm³/mol. The van der Waals surface area contributed by atoms with Crippen LogP contribution in [0.5, 0.6) is 0 Å². The molecule has 4 nitrogen and oxygen atoms in total. The van der Waals surface area contributed by atoms with Crippen LogP contribution in [0.2, 0.25) is 0 Å². The summed E-state index contributed by atoms with van der Waals surface area (Å²) in [5, 5.41) is 2.64. The number of thioether (sulfide) groups is 1. The van der Waals surface area contributed by atoms with E-state index in [1.165, 1.54) is 22.9 Å². The maximum absolute atomic E-state index is 12.8. The predicted octanol–water partition coefficient (Wildman–Crippen LogP) is 3.56. The standard InChI is InChI=1S/C21H26N2O2S/c1-15-5-9-18(10-6-15)13-23(17(3)21(25)22-4)20(24)14-26-19-11-7-16(2)8-12-19/h5-12,17H,13-14H2,1-4H3,(H,22,25)/t17-/m1/s1. The molecule has 0 bridgehead atoms. The minimum absolute atomic E-state index is 0.0488. The Morgan fingerprint density at radius 3 is 2.08 bits per heavy atom. The van der Waals surface area contributed by atoms with Crippen LogP contribution in [0, 0.1) is 13.8 Å². The van der Waals surface area contributed by atoms with Crippen LogP contribution < -0.4 is 5.32 Å². The molecule has 0 aliphatic rings. The van der Waals surface area contributed by atoms with Crippen LogP contribution in [0.3, 0.4) is 0 Å². The Kier molecular flexibility index (Phi) is 7.27. The zero-order valence-electron chi connectivity index (χ0n) is 15.8. The Balaban J connectivity index is 2.10. The van der Waals surface area contributed by atoms with Crippen LogP contribution in [-0.2, 0) is 16.1 Å². The number of amides is 2. The summed E-state index contributed by atoms with van der Waals surface area (Å²) in [6.45, 7) is 6.25. The van der Waals surface area contributed by atoms with Crippen molar-refractivity contribution in [1.82, 2.24) is 10.2 Å². The first kappa shape index (κ1) is 20.0. The van der Waals surface area contributed by atoms with Crippen molar-refractivity contribution in [3.05, 3.63) is 65.2 Å². The number of hydrogen-bond acceptors (Lipinski definition) is 3. The summed E-state index contributed by atoms with van der Waals surface area (Å²) in [6, 6.07) is 15.6. The first-order chi connectivity index (χ1) is 12.4. The maximum atomic E-state index is 12.8. The summed E-state index contributed by atoms with van der Waals surface area (Å²) < 4.78 is 0. The third kappa shape index (κ3) is 5.63. The minimum Gasteiger partial charge on any atom is -0.357 e. The summed E-state index contributed by atoms with van der Waals surface area (Å²) in [4.78, 5) is 27.6. The molecule has 5 heteroatoms. The summed E-state index contributed by atoms with van der Waals surface area (Å²) in [6.07, 6.45) is 0. The summed E-state index contributed by atoms with van der Waals surface area (Å²) in [5.74, 6) is 0.0917. The second kappa shape index (κ2) is 9.43. The van der Waals surface area contributed by atoms with Crippen LogP contribution in [0.25, 0.3) is 0 Å². The van der Waals surface area contributed by atoms with Gasteiger partial charge in [-0.05, 0) is 38.5 Å². The monoisotopic (exact) mass is 370 g/mol. The lowest BCUT2D eigenvalue weighted by atomic mass is 10.1. The lowest BCUT2D eigenvalue weighted by Crippen LogP contribution is -2.47. The van der Waals surface area contributed by atoms with Gasteiger partial charge in [-0.15, -0.1) is 11.8 Å². The van der Waals surface area contributed by atoms with Crippen molar-refractivity contribution in [2.75, 3.05) is 12.8 Å². The molecule has 26 heavy (non-hydrogen) atoms. The lowest BCUT2D eigenvalue weighted by Gasteiger charge is -2.28. The molecule has 0 saturated heterocycles. The third-order valence-electron chi connectivity index (χ3n) is 4.27. The summed E-state index contributed by atoms with van der Waals surface area (Å²) in [5.41, 5.74) is 3.37. The van der Waals surface area contributed by atoms with E-state index in [4.69, 9.17) is 0 Å². The van der Waals surface area contributed by atoms with E-state index in [-0.39, 0.29) is 11.8 Å². The van der Waals surface area contributed by atoms with Gasteiger partial charge in [-0.25, -0.2) is 0 Å². The van der Waals surface area contributed by atoms with Crippen LogP contribution in [0.15, 0.2) is 53.4 Å². The number of hydrogen-bond donors (Lipinski definition) is 1. The molecule has 1 N–H and O–H groups in total. The van der Waals surface area contributed by atoms with Crippen molar-refractivity contribution in [2.45, 2.75) is 38.3 Å². The molecule has 0 heterocycles. The average molecular weight is 371 g/mol. The van der Waals surface area contributed by atoms with Crippen molar-refractivity contribution >= 4 is 23.6 Å². The first-order valence-electron chi connectivity index (χ1n) is 8.66. The Labute approximate surface area is 160 Å². The van der Waals surface area contributed by atoms with E-state index in [9.17, 15) is 9.59 Å². The molecule has 1 atom stereocenters. The normalized spacial score (nSPS) is 11.7.